The predicted octanol–water partition coefficient (Wildman–Crippen LogP) is 0.923. The Labute approximate surface area is 179 Å². The highest BCUT2D eigenvalue weighted by Gasteiger charge is 2.23. The lowest BCUT2D eigenvalue weighted by Gasteiger charge is -2.22. The first kappa shape index (κ1) is 22.0. The smallest absolute Gasteiger partial charge is 0.317 e. The first-order chi connectivity index (χ1) is 14.9. The van der Waals surface area contributed by atoms with Gasteiger partial charge in [-0.25, -0.2) is 4.98 Å². The Hall–Kier alpha value is -3.72. The number of hydrogen-bond acceptors (Lipinski definition) is 5. The van der Waals surface area contributed by atoms with Gasteiger partial charge in [0.2, 0.25) is 11.8 Å². The highest BCUT2D eigenvalue weighted by Crippen LogP contribution is 2.17. The van der Waals surface area contributed by atoms with E-state index in [1.54, 1.807) is 6.20 Å². The van der Waals surface area contributed by atoms with Gasteiger partial charge < -0.3 is 20.7 Å². The number of carboxylic acid groups (broad SMARTS) is 1. The molecule has 1 aromatic heterocycles. The van der Waals surface area contributed by atoms with Gasteiger partial charge in [-0.15, -0.1) is 0 Å². The highest BCUT2D eigenvalue weighted by atomic mass is 16.4. The average Bonchev–Trinajstić information content (AvgIpc) is 3.25. The molecule has 0 spiro atoms. The quantitative estimate of drug-likeness (QED) is 0.384. The lowest BCUT2D eigenvalue weighted by molar-refractivity contribution is -0.139. The molecule has 0 aliphatic heterocycles. The number of benzene rings is 2. The second-order valence-corrected chi connectivity index (χ2v) is 7.24. The fraction of sp³-hybridized carbons (Fsp3) is 0.273. The van der Waals surface area contributed by atoms with E-state index in [0.717, 1.165) is 16.3 Å². The molecule has 2 aromatic carbocycles. The monoisotopic (exact) mass is 423 g/mol. The number of nitrogens with zero attached hydrogens (tertiary/aromatic N) is 2. The van der Waals surface area contributed by atoms with Crippen LogP contribution in [0.3, 0.4) is 0 Å². The summed E-state index contributed by atoms with van der Waals surface area (Å²) in [4.78, 5) is 44.5. The van der Waals surface area contributed by atoms with E-state index in [1.165, 1.54) is 18.3 Å². The number of aliphatic carboxylic acids is 1. The number of nitrogens with one attached hydrogen (secondary N) is 3. The molecule has 0 aliphatic rings. The van der Waals surface area contributed by atoms with Crippen LogP contribution in [0, 0.1) is 0 Å². The molecule has 0 radical (unpaired) electrons. The van der Waals surface area contributed by atoms with E-state index < -0.39 is 17.9 Å². The molecule has 0 saturated heterocycles. The molecule has 2 amide bonds. The van der Waals surface area contributed by atoms with Crippen LogP contribution in [-0.2, 0) is 27.3 Å². The molecule has 0 bridgehead atoms. The largest absolute Gasteiger partial charge is 0.480 e. The highest BCUT2D eigenvalue weighted by molar-refractivity contribution is 5.88. The Balaban J connectivity index is 1.68. The van der Waals surface area contributed by atoms with Gasteiger partial charge in [-0.05, 0) is 22.4 Å². The maximum Gasteiger partial charge on any atom is 0.317 e. The van der Waals surface area contributed by atoms with Crippen molar-refractivity contribution in [3.8, 4) is 0 Å². The second kappa shape index (κ2) is 10.4. The summed E-state index contributed by atoms with van der Waals surface area (Å²) >= 11 is 0. The van der Waals surface area contributed by atoms with Crippen LogP contribution in [-0.4, -0.2) is 63.9 Å². The van der Waals surface area contributed by atoms with E-state index >= 15 is 0 Å². The summed E-state index contributed by atoms with van der Waals surface area (Å²) in [6, 6.07) is 12.9. The number of amides is 2. The lowest BCUT2D eigenvalue weighted by Crippen LogP contribution is -2.50. The number of imidazole rings is 1. The van der Waals surface area contributed by atoms with Gasteiger partial charge in [0.15, 0.2) is 0 Å². The zero-order valence-corrected chi connectivity index (χ0v) is 17.2. The molecule has 0 saturated carbocycles. The molecule has 31 heavy (non-hydrogen) atoms. The number of likely N-dealkylation sites (N-methyl/N-ethyl adjacent to an activating group) is 1. The SMILES string of the molecule is CNC(=O)[C@H](Cc1cnc[nH]1)NC(=O)CN(CC(=O)O)Cc1ccc2ccccc2c1. The second-order valence-electron chi connectivity index (χ2n) is 7.24. The molecule has 162 valence electrons. The normalized spacial score (nSPS) is 11.9. The van der Waals surface area contributed by atoms with Crippen molar-refractivity contribution in [3.05, 3.63) is 66.2 Å². The third kappa shape index (κ3) is 6.38. The van der Waals surface area contributed by atoms with Crippen LogP contribution >= 0.6 is 0 Å². The van der Waals surface area contributed by atoms with Crippen LogP contribution in [0.5, 0.6) is 0 Å². The molecule has 4 N–H and O–H groups in total. The number of hydrogen-bond donors (Lipinski definition) is 4. The van der Waals surface area contributed by atoms with Crippen LogP contribution < -0.4 is 10.6 Å². The van der Waals surface area contributed by atoms with Crippen molar-refractivity contribution in [1.82, 2.24) is 25.5 Å². The molecule has 0 aliphatic carbocycles. The molecule has 0 unspecified atom stereocenters. The molecule has 3 aromatic rings. The maximum atomic E-state index is 12.6. The summed E-state index contributed by atoms with van der Waals surface area (Å²) in [5.74, 6) is -1.81. The molecule has 1 atom stereocenters. The van der Waals surface area contributed by atoms with E-state index in [0.29, 0.717) is 5.69 Å². The molecule has 3 rings (SSSR count). The van der Waals surface area contributed by atoms with Crippen LogP contribution in [0.4, 0.5) is 0 Å². The van der Waals surface area contributed by atoms with Gasteiger partial charge in [0.1, 0.15) is 6.04 Å². The van der Waals surface area contributed by atoms with Crippen LogP contribution in [0.1, 0.15) is 11.3 Å². The first-order valence-corrected chi connectivity index (χ1v) is 9.84. The van der Waals surface area contributed by atoms with Crippen molar-refractivity contribution in [2.45, 2.75) is 19.0 Å². The van der Waals surface area contributed by atoms with E-state index in [9.17, 15) is 19.5 Å². The van der Waals surface area contributed by atoms with Gasteiger partial charge in [0, 0.05) is 31.9 Å². The number of rotatable bonds is 10. The van der Waals surface area contributed by atoms with E-state index in [-0.39, 0.29) is 32.0 Å². The van der Waals surface area contributed by atoms with Crippen molar-refractivity contribution in [2.24, 2.45) is 0 Å². The van der Waals surface area contributed by atoms with E-state index in [2.05, 4.69) is 20.6 Å². The zero-order chi connectivity index (χ0) is 22.2. The summed E-state index contributed by atoms with van der Waals surface area (Å²) in [6.45, 7) is -0.170. The Bertz CT molecular complexity index is 1050. The standard InChI is InChI=1S/C22H25N5O4/c1-23-22(31)19(9-18-10-24-14-25-18)26-20(28)12-27(13-21(29)30)11-15-6-7-16-4-2-3-5-17(16)8-15/h2-8,10,14,19H,9,11-13H2,1H3,(H,23,31)(H,24,25)(H,26,28)(H,29,30)/t19-/m0/s1. The number of H-pyrrole nitrogens is 1. The number of carbonyl (C=O) groups is 3. The summed E-state index contributed by atoms with van der Waals surface area (Å²) < 4.78 is 0. The summed E-state index contributed by atoms with van der Waals surface area (Å²) in [5, 5.41) is 16.6. The Morgan fingerprint density at radius 1 is 1.13 bits per heavy atom. The molecule has 9 nitrogen and oxygen atoms in total. The predicted molar refractivity (Wildman–Crippen MR) is 115 cm³/mol. The summed E-state index contributed by atoms with van der Waals surface area (Å²) in [5.41, 5.74) is 1.60. The van der Waals surface area contributed by atoms with Crippen molar-refractivity contribution in [3.63, 3.8) is 0 Å². The minimum atomic E-state index is -1.03. The third-order valence-electron chi connectivity index (χ3n) is 4.82. The zero-order valence-electron chi connectivity index (χ0n) is 17.2. The average molecular weight is 423 g/mol. The molecule has 0 fully saturated rings. The van der Waals surface area contributed by atoms with Crippen LogP contribution in [0.2, 0.25) is 0 Å². The lowest BCUT2D eigenvalue weighted by atomic mass is 10.1. The Morgan fingerprint density at radius 3 is 2.58 bits per heavy atom. The fourth-order valence-corrected chi connectivity index (χ4v) is 3.40. The van der Waals surface area contributed by atoms with Gasteiger partial charge >= 0.3 is 5.97 Å². The van der Waals surface area contributed by atoms with E-state index in [4.69, 9.17) is 0 Å². The molecular formula is C22H25N5O4. The van der Waals surface area contributed by atoms with Crippen LogP contribution in [0.15, 0.2) is 55.0 Å². The minimum absolute atomic E-state index is 0.157. The Morgan fingerprint density at radius 2 is 1.90 bits per heavy atom. The molecular weight excluding hydrogens is 398 g/mol. The van der Waals surface area contributed by atoms with Gasteiger partial charge in [0.25, 0.3) is 0 Å². The van der Waals surface area contributed by atoms with Crippen molar-refractivity contribution < 1.29 is 19.5 Å². The maximum absolute atomic E-state index is 12.6. The number of aromatic amines is 1. The van der Waals surface area contributed by atoms with Gasteiger partial charge in [-0.1, -0.05) is 36.4 Å². The van der Waals surface area contributed by atoms with Gasteiger partial charge in [0.05, 0.1) is 19.4 Å². The number of aromatic nitrogens is 2. The van der Waals surface area contributed by atoms with Crippen LogP contribution in [0.25, 0.3) is 10.8 Å². The number of fused-ring (bicyclic) bond motifs is 1. The van der Waals surface area contributed by atoms with E-state index in [1.807, 2.05) is 42.5 Å². The summed E-state index contributed by atoms with van der Waals surface area (Å²) in [7, 11) is 1.49. The van der Waals surface area contributed by atoms with Crippen molar-refractivity contribution >= 4 is 28.6 Å². The van der Waals surface area contributed by atoms with Gasteiger partial charge in [-0.3, -0.25) is 19.3 Å². The number of carboxylic acids is 1. The Kier molecular flexibility index (Phi) is 7.34. The summed E-state index contributed by atoms with van der Waals surface area (Å²) in [6.07, 6.45) is 3.32. The molecule has 1 heterocycles. The first-order valence-electron chi connectivity index (χ1n) is 9.84. The van der Waals surface area contributed by atoms with Crippen molar-refractivity contribution in [2.75, 3.05) is 20.1 Å². The van der Waals surface area contributed by atoms with Gasteiger partial charge in [-0.2, -0.15) is 0 Å². The third-order valence-corrected chi connectivity index (χ3v) is 4.82. The molecule has 9 heteroatoms. The fourth-order valence-electron chi connectivity index (χ4n) is 3.40. The van der Waals surface area contributed by atoms with Crippen molar-refractivity contribution in [1.29, 1.82) is 0 Å². The number of carbonyl (C=O) groups excluding carboxylic acids is 2. The topological polar surface area (TPSA) is 127 Å². The minimum Gasteiger partial charge on any atom is -0.480 e.